The fourth-order valence-electron chi connectivity index (χ4n) is 1.69. The van der Waals surface area contributed by atoms with Crippen LogP contribution in [0, 0.1) is 0 Å². The molecule has 0 heterocycles. The van der Waals surface area contributed by atoms with E-state index in [1.165, 1.54) is 6.08 Å². The van der Waals surface area contributed by atoms with E-state index in [0.717, 1.165) is 12.8 Å². The molecule has 0 saturated heterocycles. The minimum absolute atomic E-state index is 0.116. The summed E-state index contributed by atoms with van der Waals surface area (Å²) < 4.78 is 11.1. The van der Waals surface area contributed by atoms with Crippen molar-refractivity contribution in [3.8, 4) is 11.5 Å². The van der Waals surface area contributed by atoms with Gasteiger partial charge in [0.1, 0.15) is 16.8 Å². The molecular formula is C15H16Cl4O4. The number of unbranched alkanes of at least 4 members (excludes halogenated alkanes) is 2. The predicted octanol–water partition coefficient (Wildman–Crippen LogP) is 5.72. The third kappa shape index (κ3) is 8.56. The number of benzene rings is 1. The third-order valence-corrected chi connectivity index (χ3v) is 3.61. The summed E-state index contributed by atoms with van der Waals surface area (Å²) >= 11 is 23.2. The number of carbonyl (C=O) groups is 1. The van der Waals surface area contributed by atoms with Gasteiger partial charge >= 0.3 is 5.97 Å². The van der Waals surface area contributed by atoms with Crippen LogP contribution in [0.25, 0.3) is 0 Å². The predicted molar refractivity (Wildman–Crippen MR) is 93.3 cm³/mol. The van der Waals surface area contributed by atoms with Gasteiger partial charge in [0, 0.05) is 18.6 Å². The van der Waals surface area contributed by atoms with Gasteiger partial charge in [0.2, 0.25) is 0 Å². The summed E-state index contributed by atoms with van der Waals surface area (Å²) in [7, 11) is 0. The summed E-state index contributed by atoms with van der Waals surface area (Å²) in [6, 6.07) is 3.17. The molecule has 8 heteroatoms. The normalized spacial score (nSPS) is 10.3. The van der Waals surface area contributed by atoms with Gasteiger partial charge in [-0.25, -0.2) is 0 Å². The molecule has 4 nitrogen and oxygen atoms in total. The quantitative estimate of drug-likeness (QED) is 0.509. The molecule has 0 radical (unpaired) electrons. The molecule has 1 N–H and O–H groups in total. The molecule has 0 saturated carbocycles. The monoisotopic (exact) mass is 400 g/mol. The molecule has 0 unspecified atom stereocenters. The third-order valence-electron chi connectivity index (χ3n) is 2.74. The van der Waals surface area contributed by atoms with Gasteiger partial charge in [0.25, 0.3) is 0 Å². The van der Waals surface area contributed by atoms with Crippen LogP contribution in [-0.2, 0) is 4.79 Å². The first kappa shape index (κ1) is 20.2. The van der Waals surface area contributed by atoms with E-state index >= 15 is 0 Å². The Balaban J connectivity index is 2.47. The van der Waals surface area contributed by atoms with Crippen LogP contribution in [0.3, 0.4) is 0 Å². The van der Waals surface area contributed by atoms with Gasteiger partial charge in [-0.1, -0.05) is 46.4 Å². The van der Waals surface area contributed by atoms with E-state index in [0.29, 0.717) is 34.6 Å². The Kier molecular flexibility index (Phi) is 9.56. The highest BCUT2D eigenvalue weighted by Gasteiger charge is 2.10. The largest absolute Gasteiger partial charge is 0.490 e. The minimum atomic E-state index is -0.794. The highest BCUT2D eigenvalue weighted by atomic mass is 35.5. The number of ether oxygens (including phenoxy) is 2. The summed E-state index contributed by atoms with van der Waals surface area (Å²) in [6.45, 7) is 0.600. The molecular weight excluding hydrogens is 386 g/mol. The molecule has 1 rings (SSSR count). The SMILES string of the molecule is O=C(O)CCCCCOc1c(Cl)cc(OCC=C(Cl)Cl)cc1Cl. The zero-order valence-electron chi connectivity index (χ0n) is 12.2. The average Bonchev–Trinajstić information content (AvgIpc) is 2.44. The number of carboxylic acids is 1. The van der Waals surface area contributed by atoms with E-state index in [-0.39, 0.29) is 17.5 Å². The van der Waals surface area contributed by atoms with Crippen LogP contribution in [0.5, 0.6) is 11.5 Å². The van der Waals surface area contributed by atoms with Crippen molar-refractivity contribution in [3.05, 3.63) is 32.7 Å². The lowest BCUT2D eigenvalue weighted by Crippen LogP contribution is -2.01. The standard InChI is InChI=1S/C15H16Cl4O4/c16-11-8-10(22-7-5-13(18)19)9-12(17)15(11)23-6-3-1-2-4-14(20)21/h5,8-9H,1-4,6-7H2,(H,20,21). The van der Waals surface area contributed by atoms with E-state index in [9.17, 15) is 4.79 Å². The lowest BCUT2D eigenvalue weighted by atomic mass is 10.2. The summed E-state index contributed by atoms with van der Waals surface area (Å²) in [5, 5.41) is 9.21. The molecule has 0 atom stereocenters. The summed E-state index contributed by atoms with van der Waals surface area (Å²) in [4.78, 5) is 10.4. The lowest BCUT2D eigenvalue weighted by molar-refractivity contribution is -0.137. The van der Waals surface area contributed by atoms with Crippen LogP contribution in [-0.4, -0.2) is 24.3 Å². The first-order chi connectivity index (χ1) is 10.9. The minimum Gasteiger partial charge on any atom is -0.490 e. The Morgan fingerprint density at radius 2 is 1.74 bits per heavy atom. The van der Waals surface area contributed by atoms with E-state index in [4.69, 9.17) is 61.0 Å². The second-order valence-electron chi connectivity index (χ2n) is 4.57. The van der Waals surface area contributed by atoms with Crippen molar-refractivity contribution in [3.63, 3.8) is 0 Å². The molecule has 0 aromatic heterocycles. The second-order valence-corrected chi connectivity index (χ2v) is 6.40. The van der Waals surface area contributed by atoms with Crippen molar-refractivity contribution >= 4 is 52.4 Å². The molecule has 0 spiro atoms. The number of carboxylic acid groups (broad SMARTS) is 1. The Morgan fingerprint density at radius 1 is 1.09 bits per heavy atom. The number of halogens is 4. The molecule has 0 amide bonds. The highest BCUT2D eigenvalue weighted by Crippen LogP contribution is 2.37. The van der Waals surface area contributed by atoms with Crippen LogP contribution < -0.4 is 9.47 Å². The smallest absolute Gasteiger partial charge is 0.303 e. The second kappa shape index (κ2) is 10.9. The van der Waals surface area contributed by atoms with E-state index < -0.39 is 5.97 Å². The molecule has 23 heavy (non-hydrogen) atoms. The average molecular weight is 402 g/mol. The fraction of sp³-hybridized carbons (Fsp3) is 0.400. The molecule has 1 aromatic rings. The topological polar surface area (TPSA) is 55.8 Å². The molecule has 0 aliphatic carbocycles. The first-order valence-corrected chi connectivity index (χ1v) is 8.39. The van der Waals surface area contributed by atoms with Gasteiger partial charge in [-0.15, -0.1) is 0 Å². The fourth-order valence-corrected chi connectivity index (χ4v) is 2.39. The van der Waals surface area contributed by atoms with Crippen molar-refractivity contribution in [2.24, 2.45) is 0 Å². The Hall–Kier alpha value is -0.810. The number of hydrogen-bond donors (Lipinski definition) is 1. The van der Waals surface area contributed by atoms with Crippen molar-refractivity contribution in [2.75, 3.05) is 13.2 Å². The Morgan fingerprint density at radius 3 is 2.30 bits per heavy atom. The first-order valence-electron chi connectivity index (χ1n) is 6.87. The van der Waals surface area contributed by atoms with Crippen LogP contribution in [0.2, 0.25) is 10.0 Å². The van der Waals surface area contributed by atoms with Crippen LogP contribution in [0.1, 0.15) is 25.7 Å². The van der Waals surface area contributed by atoms with Gasteiger partial charge in [0.15, 0.2) is 5.75 Å². The van der Waals surface area contributed by atoms with Crippen LogP contribution in [0.4, 0.5) is 0 Å². The number of hydrogen-bond acceptors (Lipinski definition) is 3. The lowest BCUT2D eigenvalue weighted by Gasteiger charge is -2.12. The van der Waals surface area contributed by atoms with E-state index in [2.05, 4.69) is 0 Å². The zero-order valence-corrected chi connectivity index (χ0v) is 15.2. The summed E-state index contributed by atoms with van der Waals surface area (Å²) in [6.07, 6.45) is 3.75. The molecule has 0 bridgehead atoms. The number of aliphatic carboxylic acids is 1. The van der Waals surface area contributed by atoms with Crippen molar-refractivity contribution in [1.29, 1.82) is 0 Å². The van der Waals surface area contributed by atoms with Crippen molar-refractivity contribution in [2.45, 2.75) is 25.7 Å². The van der Waals surface area contributed by atoms with Crippen LogP contribution in [0.15, 0.2) is 22.7 Å². The summed E-state index contributed by atoms with van der Waals surface area (Å²) in [5.74, 6) is 0.0578. The van der Waals surface area contributed by atoms with Gasteiger partial charge in [-0.05, 0) is 25.3 Å². The maximum absolute atomic E-state index is 10.4. The van der Waals surface area contributed by atoms with Crippen LogP contribution >= 0.6 is 46.4 Å². The van der Waals surface area contributed by atoms with Gasteiger partial charge in [-0.3, -0.25) is 4.79 Å². The molecule has 0 aliphatic heterocycles. The summed E-state index contributed by atoms with van der Waals surface area (Å²) in [5.41, 5.74) is 0. The highest BCUT2D eigenvalue weighted by molar-refractivity contribution is 6.55. The Bertz CT molecular complexity index is 533. The van der Waals surface area contributed by atoms with Crippen molar-refractivity contribution in [1.82, 2.24) is 0 Å². The van der Waals surface area contributed by atoms with E-state index in [1.807, 2.05) is 0 Å². The number of rotatable bonds is 10. The zero-order chi connectivity index (χ0) is 17.2. The van der Waals surface area contributed by atoms with Gasteiger partial charge < -0.3 is 14.6 Å². The molecule has 0 fully saturated rings. The maximum atomic E-state index is 10.4. The van der Waals surface area contributed by atoms with E-state index in [1.54, 1.807) is 12.1 Å². The van der Waals surface area contributed by atoms with Crippen molar-refractivity contribution < 1.29 is 19.4 Å². The molecule has 0 aliphatic rings. The Labute approximate surface area is 154 Å². The van der Waals surface area contributed by atoms with Gasteiger partial charge in [0.05, 0.1) is 16.7 Å². The molecule has 128 valence electrons. The maximum Gasteiger partial charge on any atom is 0.303 e. The molecule has 1 aromatic carbocycles. The van der Waals surface area contributed by atoms with Gasteiger partial charge in [-0.2, -0.15) is 0 Å².